The third-order valence-electron chi connectivity index (χ3n) is 3.61. The van der Waals surface area contributed by atoms with Gasteiger partial charge in [0.1, 0.15) is 5.75 Å². The number of anilines is 4. The summed E-state index contributed by atoms with van der Waals surface area (Å²) in [7, 11) is 1.65. The molecule has 0 unspecified atom stereocenters. The van der Waals surface area contributed by atoms with Crippen LogP contribution < -0.4 is 20.7 Å². The Labute approximate surface area is 163 Å². The van der Waals surface area contributed by atoms with Crippen LogP contribution in [0.1, 0.15) is 0 Å². The lowest BCUT2D eigenvalue weighted by atomic mass is 10.2. The van der Waals surface area contributed by atoms with Crippen LogP contribution in [0.3, 0.4) is 0 Å². The quantitative estimate of drug-likeness (QED) is 0.478. The molecule has 3 aromatic rings. The second-order valence-corrected chi connectivity index (χ2v) is 6.34. The van der Waals surface area contributed by atoms with E-state index < -0.39 is 0 Å². The highest BCUT2D eigenvalue weighted by molar-refractivity contribution is 7.80. The molecular weight excluding hydrogens is 366 g/mol. The predicted octanol–water partition coefficient (Wildman–Crippen LogP) is 5.90. The number of benzene rings is 3. The molecule has 4 nitrogen and oxygen atoms in total. The van der Waals surface area contributed by atoms with Gasteiger partial charge in [0.25, 0.3) is 0 Å². The molecule has 0 saturated heterocycles. The average Bonchev–Trinajstić information content (AvgIpc) is 2.64. The standard InChI is InChI=1S/C20H18ClN3OS/c1-25-19-8-3-2-7-18(19)22-15-9-11-16(12-10-15)23-20(26)24-17-6-4-5-14(21)13-17/h2-13,22H,1H3,(H2,23,24,26). The third-order valence-corrected chi connectivity index (χ3v) is 4.05. The van der Waals surface area contributed by atoms with Crippen LogP contribution >= 0.6 is 23.8 Å². The monoisotopic (exact) mass is 383 g/mol. The van der Waals surface area contributed by atoms with Crippen molar-refractivity contribution in [2.75, 3.05) is 23.1 Å². The van der Waals surface area contributed by atoms with Gasteiger partial charge in [0.2, 0.25) is 0 Å². The lowest BCUT2D eigenvalue weighted by Gasteiger charge is -2.13. The Morgan fingerprint density at radius 1 is 0.846 bits per heavy atom. The highest BCUT2D eigenvalue weighted by Crippen LogP contribution is 2.27. The Bertz CT molecular complexity index is 900. The second-order valence-electron chi connectivity index (χ2n) is 5.49. The second kappa shape index (κ2) is 8.56. The maximum atomic E-state index is 5.97. The van der Waals surface area contributed by atoms with Gasteiger partial charge in [-0.1, -0.05) is 29.8 Å². The molecule has 0 radical (unpaired) electrons. The largest absolute Gasteiger partial charge is 0.495 e. The summed E-state index contributed by atoms with van der Waals surface area (Å²) in [6.45, 7) is 0. The Hall–Kier alpha value is -2.76. The van der Waals surface area contributed by atoms with Gasteiger partial charge in [-0.25, -0.2) is 0 Å². The first-order valence-electron chi connectivity index (χ1n) is 7.98. The lowest BCUT2D eigenvalue weighted by Crippen LogP contribution is -2.18. The van der Waals surface area contributed by atoms with Gasteiger partial charge in [0, 0.05) is 22.1 Å². The van der Waals surface area contributed by atoms with Gasteiger partial charge in [-0.15, -0.1) is 0 Å². The van der Waals surface area contributed by atoms with Crippen molar-refractivity contribution in [2.45, 2.75) is 0 Å². The van der Waals surface area contributed by atoms with E-state index >= 15 is 0 Å². The van der Waals surface area contributed by atoms with E-state index in [0.29, 0.717) is 10.1 Å². The number of methoxy groups -OCH3 is 1. The number of para-hydroxylation sites is 2. The molecule has 0 aliphatic heterocycles. The summed E-state index contributed by atoms with van der Waals surface area (Å²) in [5.41, 5.74) is 3.59. The number of rotatable bonds is 5. The van der Waals surface area contributed by atoms with E-state index in [1.165, 1.54) is 0 Å². The van der Waals surface area contributed by atoms with Gasteiger partial charge in [0.05, 0.1) is 12.8 Å². The van der Waals surface area contributed by atoms with E-state index in [9.17, 15) is 0 Å². The maximum absolute atomic E-state index is 5.97. The summed E-state index contributed by atoms with van der Waals surface area (Å²) in [5.74, 6) is 0.793. The molecule has 0 atom stereocenters. The molecule has 0 heterocycles. The smallest absolute Gasteiger partial charge is 0.175 e. The van der Waals surface area contributed by atoms with E-state index in [2.05, 4.69) is 16.0 Å². The zero-order valence-electron chi connectivity index (χ0n) is 14.1. The minimum atomic E-state index is 0.498. The average molecular weight is 384 g/mol. The zero-order chi connectivity index (χ0) is 18.4. The predicted molar refractivity (Wildman–Crippen MR) is 114 cm³/mol. The van der Waals surface area contributed by atoms with Crippen molar-refractivity contribution in [1.82, 2.24) is 0 Å². The van der Waals surface area contributed by atoms with Crippen molar-refractivity contribution in [2.24, 2.45) is 0 Å². The highest BCUT2D eigenvalue weighted by Gasteiger charge is 2.03. The van der Waals surface area contributed by atoms with Gasteiger partial charge in [-0.3, -0.25) is 0 Å². The SMILES string of the molecule is COc1ccccc1Nc1ccc(NC(=S)Nc2cccc(Cl)c2)cc1. The van der Waals surface area contributed by atoms with Gasteiger partial charge in [-0.2, -0.15) is 0 Å². The van der Waals surface area contributed by atoms with Gasteiger partial charge < -0.3 is 20.7 Å². The van der Waals surface area contributed by atoms with Crippen LogP contribution in [0.2, 0.25) is 5.02 Å². The van der Waals surface area contributed by atoms with Crippen molar-refractivity contribution in [3.05, 3.63) is 77.8 Å². The fourth-order valence-electron chi connectivity index (χ4n) is 2.40. The van der Waals surface area contributed by atoms with Crippen LogP contribution in [0.25, 0.3) is 0 Å². The van der Waals surface area contributed by atoms with Gasteiger partial charge in [0.15, 0.2) is 5.11 Å². The number of nitrogens with one attached hydrogen (secondary N) is 3. The van der Waals surface area contributed by atoms with Crippen molar-refractivity contribution in [3.8, 4) is 5.75 Å². The van der Waals surface area contributed by atoms with Crippen LogP contribution in [0.15, 0.2) is 72.8 Å². The molecule has 0 aliphatic carbocycles. The minimum Gasteiger partial charge on any atom is -0.495 e. The molecule has 0 aromatic heterocycles. The topological polar surface area (TPSA) is 45.3 Å². The first-order valence-corrected chi connectivity index (χ1v) is 8.76. The van der Waals surface area contributed by atoms with Crippen LogP contribution in [0.5, 0.6) is 5.75 Å². The molecule has 3 aromatic carbocycles. The summed E-state index contributed by atoms with van der Waals surface area (Å²) in [6.07, 6.45) is 0. The fourth-order valence-corrected chi connectivity index (χ4v) is 2.83. The first-order chi connectivity index (χ1) is 12.6. The molecule has 0 spiro atoms. The number of ether oxygens (including phenoxy) is 1. The summed E-state index contributed by atoms with van der Waals surface area (Å²) in [5, 5.41) is 10.7. The minimum absolute atomic E-state index is 0.498. The van der Waals surface area contributed by atoms with E-state index in [1.54, 1.807) is 7.11 Å². The highest BCUT2D eigenvalue weighted by atomic mass is 35.5. The first kappa shape index (κ1) is 18.0. The Morgan fingerprint density at radius 3 is 2.27 bits per heavy atom. The van der Waals surface area contributed by atoms with E-state index in [1.807, 2.05) is 72.8 Å². The molecule has 3 rings (SSSR count). The van der Waals surface area contributed by atoms with Crippen LogP contribution in [0, 0.1) is 0 Å². The molecule has 0 fully saturated rings. The lowest BCUT2D eigenvalue weighted by molar-refractivity contribution is 0.417. The molecule has 132 valence electrons. The number of hydrogen-bond acceptors (Lipinski definition) is 3. The summed E-state index contributed by atoms with van der Waals surface area (Å²) in [6, 6.07) is 23.0. The third kappa shape index (κ3) is 4.88. The molecular formula is C20H18ClN3OS. The van der Waals surface area contributed by atoms with Gasteiger partial charge in [-0.05, 0) is 66.8 Å². The van der Waals surface area contributed by atoms with E-state index in [-0.39, 0.29) is 0 Å². The van der Waals surface area contributed by atoms with Crippen molar-refractivity contribution < 1.29 is 4.74 Å². The number of halogens is 1. The maximum Gasteiger partial charge on any atom is 0.175 e. The van der Waals surface area contributed by atoms with Gasteiger partial charge >= 0.3 is 0 Å². The molecule has 0 aliphatic rings. The van der Waals surface area contributed by atoms with Crippen molar-refractivity contribution in [3.63, 3.8) is 0 Å². The van der Waals surface area contributed by atoms with E-state index in [0.717, 1.165) is 28.5 Å². The van der Waals surface area contributed by atoms with Crippen LogP contribution in [0.4, 0.5) is 22.7 Å². The molecule has 26 heavy (non-hydrogen) atoms. The molecule has 6 heteroatoms. The number of thiocarbonyl (C=S) groups is 1. The zero-order valence-corrected chi connectivity index (χ0v) is 15.7. The molecule has 3 N–H and O–H groups in total. The fraction of sp³-hybridized carbons (Fsp3) is 0.0500. The number of hydrogen-bond donors (Lipinski definition) is 3. The van der Waals surface area contributed by atoms with Crippen molar-refractivity contribution in [1.29, 1.82) is 0 Å². The van der Waals surface area contributed by atoms with Crippen LogP contribution in [-0.4, -0.2) is 12.2 Å². The Kier molecular flexibility index (Phi) is 5.94. The Balaban J connectivity index is 1.61. The summed E-state index contributed by atoms with van der Waals surface area (Å²) >= 11 is 11.3. The normalized spacial score (nSPS) is 10.1. The van der Waals surface area contributed by atoms with Crippen LogP contribution in [-0.2, 0) is 0 Å². The molecule has 0 amide bonds. The van der Waals surface area contributed by atoms with Crippen molar-refractivity contribution >= 4 is 51.7 Å². The molecule has 0 bridgehead atoms. The van der Waals surface area contributed by atoms with E-state index in [4.69, 9.17) is 28.6 Å². The molecule has 0 saturated carbocycles. The summed E-state index contributed by atoms with van der Waals surface area (Å²) < 4.78 is 5.35. The Morgan fingerprint density at radius 2 is 1.54 bits per heavy atom. The summed E-state index contributed by atoms with van der Waals surface area (Å²) in [4.78, 5) is 0.